The number of hydrogen-bond donors (Lipinski definition) is 0. The van der Waals surface area contributed by atoms with Gasteiger partial charge in [-0.25, -0.2) is 0 Å². The number of benzene rings is 1. The number of aromatic nitrogens is 1. The van der Waals surface area contributed by atoms with Crippen LogP contribution in [-0.4, -0.2) is 26.3 Å². The van der Waals surface area contributed by atoms with E-state index in [4.69, 9.17) is 9.47 Å². The van der Waals surface area contributed by atoms with Crippen LogP contribution in [0, 0.1) is 32.1 Å². The first-order chi connectivity index (χ1) is 11.4. The third-order valence-electron chi connectivity index (χ3n) is 4.08. The molecule has 0 amide bonds. The van der Waals surface area contributed by atoms with Crippen molar-refractivity contribution in [1.82, 2.24) is 4.98 Å². The van der Waals surface area contributed by atoms with Crippen molar-refractivity contribution < 1.29 is 9.47 Å². The lowest BCUT2D eigenvalue weighted by atomic mass is 10.1. The number of rotatable bonds is 5. The topological polar surface area (TPSA) is 58.4 Å². The van der Waals surface area contributed by atoms with Gasteiger partial charge in [0.25, 0.3) is 0 Å². The molecule has 0 atom stereocenters. The van der Waals surface area contributed by atoms with Gasteiger partial charge in [0.2, 0.25) is 0 Å². The normalized spacial score (nSPS) is 10.2. The number of nitriles is 1. The summed E-state index contributed by atoms with van der Waals surface area (Å²) >= 11 is 0. The molecule has 1 aromatic carbocycles. The van der Waals surface area contributed by atoms with Crippen LogP contribution in [0.2, 0.25) is 0 Å². The van der Waals surface area contributed by atoms with Gasteiger partial charge >= 0.3 is 0 Å². The minimum Gasteiger partial charge on any atom is -0.493 e. The van der Waals surface area contributed by atoms with Gasteiger partial charge in [-0.3, -0.25) is 4.98 Å². The molecule has 0 bridgehead atoms. The SMILES string of the molecule is COc1cc(C)c(CN(C)c2cc(C)nc(C)c2C#N)cc1OC. The van der Waals surface area contributed by atoms with Gasteiger partial charge in [-0.05, 0) is 50.1 Å². The molecule has 1 aromatic heterocycles. The van der Waals surface area contributed by atoms with Crippen molar-refractivity contribution in [2.24, 2.45) is 0 Å². The molecule has 0 unspecified atom stereocenters. The highest BCUT2D eigenvalue weighted by atomic mass is 16.5. The molecule has 24 heavy (non-hydrogen) atoms. The Hall–Kier alpha value is -2.74. The van der Waals surface area contributed by atoms with Crippen molar-refractivity contribution in [3.63, 3.8) is 0 Å². The first kappa shape index (κ1) is 17.6. The lowest BCUT2D eigenvalue weighted by molar-refractivity contribution is 0.354. The summed E-state index contributed by atoms with van der Waals surface area (Å²) in [6.45, 7) is 6.50. The Bertz CT molecular complexity index is 794. The molecule has 0 spiro atoms. The summed E-state index contributed by atoms with van der Waals surface area (Å²) in [4.78, 5) is 6.44. The molecule has 1 heterocycles. The molecule has 5 heteroatoms. The fourth-order valence-electron chi connectivity index (χ4n) is 2.78. The van der Waals surface area contributed by atoms with Crippen LogP contribution in [0.5, 0.6) is 11.5 Å². The Labute approximate surface area is 143 Å². The number of aryl methyl sites for hydroxylation is 3. The zero-order valence-electron chi connectivity index (χ0n) is 15.1. The van der Waals surface area contributed by atoms with Crippen LogP contribution in [0.3, 0.4) is 0 Å². The number of anilines is 1. The van der Waals surface area contributed by atoms with Gasteiger partial charge in [0, 0.05) is 19.3 Å². The van der Waals surface area contributed by atoms with Gasteiger partial charge in [-0.15, -0.1) is 0 Å². The van der Waals surface area contributed by atoms with Gasteiger partial charge in [-0.1, -0.05) is 0 Å². The third-order valence-corrected chi connectivity index (χ3v) is 4.08. The maximum atomic E-state index is 9.46. The van der Waals surface area contributed by atoms with E-state index in [1.54, 1.807) is 14.2 Å². The third kappa shape index (κ3) is 3.43. The largest absolute Gasteiger partial charge is 0.493 e. The Kier molecular flexibility index (Phi) is 5.30. The summed E-state index contributed by atoms with van der Waals surface area (Å²) in [6.07, 6.45) is 0. The van der Waals surface area contributed by atoms with Crippen molar-refractivity contribution in [3.05, 3.63) is 46.3 Å². The summed E-state index contributed by atoms with van der Waals surface area (Å²) in [5, 5.41) is 9.46. The van der Waals surface area contributed by atoms with E-state index in [1.807, 2.05) is 46.0 Å². The minimum atomic E-state index is 0.612. The molecular formula is C19H23N3O2. The Balaban J connectivity index is 2.41. The minimum absolute atomic E-state index is 0.612. The Morgan fingerprint density at radius 1 is 1.08 bits per heavy atom. The quantitative estimate of drug-likeness (QED) is 0.841. The fraction of sp³-hybridized carbons (Fsp3) is 0.368. The van der Waals surface area contributed by atoms with E-state index in [-0.39, 0.29) is 0 Å². The van der Waals surface area contributed by atoms with E-state index in [9.17, 15) is 5.26 Å². The summed E-state index contributed by atoms with van der Waals surface area (Å²) in [5.41, 5.74) is 5.38. The van der Waals surface area contributed by atoms with Crippen LogP contribution >= 0.6 is 0 Å². The standard InChI is InChI=1S/C19H23N3O2/c1-12-7-18(23-5)19(24-6)9-15(12)11-22(4)17-8-13(2)21-14(3)16(17)10-20/h7-9H,11H2,1-6H3. The predicted octanol–water partition coefficient (Wildman–Crippen LogP) is 3.53. The molecule has 0 saturated carbocycles. The Morgan fingerprint density at radius 3 is 2.29 bits per heavy atom. The van der Waals surface area contributed by atoms with Gasteiger partial charge in [0.15, 0.2) is 11.5 Å². The molecule has 0 fully saturated rings. The molecule has 0 radical (unpaired) electrons. The zero-order chi connectivity index (χ0) is 17.9. The second kappa shape index (κ2) is 7.22. The highest BCUT2D eigenvalue weighted by Gasteiger charge is 2.15. The second-order valence-corrected chi connectivity index (χ2v) is 5.84. The van der Waals surface area contributed by atoms with Crippen LogP contribution in [0.1, 0.15) is 28.1 Å². The molecule has 0 aliphatic heterocycles. The maximum absolute atomic E-state index is 9.46. The fourth-order valence-corrected chi connectivity index (χ4v) is 2.78. The van der Waals surface area contributed by atoms with E-state index in [1.165, 1.54) is 0 Å². The van der Waals surface area contributed by atoms with Crippen LogP contribution in [0.25, 0.3) is 0 Å². The number of methoxy groups -OCH3 is 2. The molecule has 2 rings (SSSR count). The Morgan fingerprint density at radius 2 is 1.71 bits per heavy atom. The van der Waals surface area contributed by atoms with Crippen LogP contribution < -0.4 is 14.4 Å². The second-order valence-electron chi connectivity index (χ2n) is 5.84. The average Bonchev–Trinajstić information content (AvgIpc) is 2.55. The first-order valence-corrected chi connectivity index (χ1v) is 7.72. The number of hydrogen-bond acceptors (Lipinski definition) is 5. The number of ether oxygens (including phenoxy) is 2. The first-order valence-electron chi connectivity index (χ1n) is 7.72. The molecule has 5 nitrogen and oxygen atoms in total. The van der Waals surface area contributed by atoms with Gasteiger partial charge in [0.1, 0.15) is 6.07 Å². The highest BCUT2D eigenvalue weighted by Crippen LogP contribution is 2.32. The molecule has 2 aromatic rings. The predicted molar refractivity (Wildman–Crippen MR) is 94.8 cm³/mol. The smallest absolute Gasteiger partial charge is 0.161 e. The molecule has 0 aliphatic rings. The zero-order valence-corrected chi connectivity index (χ0v) is 15.1. The monoisotopic (exact) mass is 325 g/mol. The molecule has 0 aliphatic carbocycles. The molecule has 126 valence electrons. The molecule has 0 N–H and O–H groups in total. The van der Waals surface area contributed by atoms with E-state index in [0.29, 0.717) is 17.9 Å². The summed E-state index contributed by atoms with van der Waals surface area (Å²) in [6, 6.07) is 8.16. The van der Waals surface area contributed by atoms with Gasteiger partial charge in [0.05, 0.1) is 31.2 Å². The van der Waals surface area contributed by atoms with Crippen molar-refractivity contribution in [2.75, 3.05) is 26.2 Å². The van der Waals surface area contributed by atoms with Crippen molar-refractivity contribution in [1.29, 1.82) is 5.26 Å². The number of pyridine rings is 1. The van der Waals surface area contributed by atoms with Crippen LogP contribution in [0.4, 0.5) is 5.69 Å². The van der Waals surface area contributed by atoms with Gasteiger partial charge in [-0.2, -0.15) is 5.26 Å². The lowest BCUT2D eigenvalue weighted by Crippen LogP contribution is -2.19. The van der Waals surface area contributed by atoms with Crippen molar-refractivity contribution >= 4 is 5.69 Å². The molecular weight excluding hydrogens is 302 g/mol. The summed E-state index contributed by atoms with van der Waals surface area (Å²) < 4.78 is 10.7. The number of nitrogens with zero attached hydrogens (tertiary/aromatic N) is 3. The van der Waals surface area contributed by atoms with Crippen LogP contribution in [0.15, 0.2) is 18.2 Å². The van der Waals surface area contributed by atoms with Crippen LogP contribution in [-0.2, 0) is 6.54 Å². The van der Waals surface area contributed by atoms with Crippen molar-refractivity contribution in [2.45, 2.75) is 27.3 Å². The van der Waals surface area contributed by atoms with Crippen molar-refractivity contribution in [3.8, 4) is 17.6 Å². The molecule has 0 saturated heterocycles. The van der Waals surface area contributed by atoms with E-state index in [0.717, 1.165) is 34.0 Å². The highest BCUT2D eigenvalue weighted by molar-refractivity contribution is 5.62. The maximum Gasteiger partial charge on any atom is 0.161 e. The average molecular weight is 325 g/mol. The van der Waals surface area contributed by atoms with E-state index >= 15 is 0 Å². The van der Waals surface area contributed by atoms with E-state index < -0.39 is 0 Å². The lowest BCUT2D eigenvalue weighted by Gasteiger charge is -2.23. The van der Waals surface area contributed by atoms with E-state index in [2.05, 4.69) is 16.0 Å². The summed E-state index contributed by atoms with van der Waals surface area (Å²) in [7, 11) is 5.24. The summed E-state index contributed by atoms with van der Waals surface area (Å²) in [5.74, 6) is 1.42. The van der Waals surface area contributed by atoms with Gasteiger partial charge < -0.3 is 14.4 Å².